The summed E-state index contributed by atoms with van der Waals surface area (Å²) in [5.41, 5.74) is 0.304. The van der Waals surface area contributed by atoms with E-state index in [9.17, 15) is 4.79 Å². The third-order valence-electron chi connectivity index (χ3n) is 2.66. The monoisotopic (exact) mass is 306 g/mol. The Morgan fingerprint density at radius 3 is 2.86 bits per heavy atom. The molecule has 4 nitrogen and oxygen atoms in total. The van der Waals surface area contributed by atoms with Crippen LogP contribution in [-0.4, -0.2) is 20.9 Å². The number of carbonyl (C=O) groups is 1. The SMILES string of the molecule is CC(C1CC1)n1ncc(C(=O)O)c1I. The van der Waals surface area contributed by atoms with Crippen LogP contribution in [0, 0.1) is 9.62 Å². The lowest BCUT2D eigenvalue weighted by atomic mass is 10.2. The van der Waals surface area contributed by atoms with Crippen molar-refractivity contribution in [1.29, 1.82) is 0 Å². The van der Waals surface area contributed by atoms with Crippen molar-refractivity contribution in [1.82, 2.24) is 9.78 Å². The number of aromatic nitrogens is 2. The van der Waals surface area contributed by atoms with Gasteiger partial charge < -0.3 is 5.11 Å². The lowest BCUT2D eigenvalue weighted by molar-refractivity contribution is 0.0695. The Kier molecular flexibility index (Phi) is 2.50. The van der Waals surface area contributed by atoms with E-state index in [0.29, 0.717) is 17.5 Å². The number of nitrogens with zero attached hydrogens (tertiary/aromatic N) is 2. The molecule has 0 aliphatic heterocycles. The molecule has 1 fully saturated rings. The number of hydrogen-bond donors (Lipinski definition) is 1. The van der Waals surface area contributed by atoms with Gasteiger partial charge >= 0.3 is 5.97 Å². The molecule has 0 bridgehead atoms. The van der Waals surface area contributed by atoms with Crippen molar-refractivity contribution in [3.8, 4) is 0 Å². The Hall–Kier alpha value is -0.590. The van der Waals surface area contributed by atoms with E-state index >= 15 is 0 Å². The minimum atomic E-state index is -0.899. The third-order valence-corrected chi connectivity index (χ3v) is 3.73. The molecule has 1 atom stereocenters. The van der Waals surface area contributed by atoms with Crippen molar-refractivity contribution in [3.05, 3.63) is 15.5 Å². The smallest absolute Gasteiger partial charge is 0.340 e. The van der Waals surface area contributed by atoms with Gasteiger partial charge in [-0.15, -0.1) is 0 Å². The molecule has 14 heavy (non-hydrogen) atoms. The van der Waals surface area contributed by atoms with Gasteiger partial charge in [0.15, 0.2) is 0 Å². The van der Waals surface area contributed by atoms with Gasteiger partial charge in [-0.3, -0.25) is 4.68 Å². The molecule has 76 valence electrons. The zero-order valence-electron chi connectivity index (χ0n) is 7.77. The lowest BCUT2D eigenvalue weighted by Crippen LogP contribution is -2.11. The average Bonchev–Trinajstić information content (AvgIpc) is 2.88. The molecule has 1 heterocycles. The van der Waals surface area contributed by atoms with Crippen molar-refractivity contribution >= 4 is 28.6 Å². The molecule has 0 spiro atoms. The number of halogens is 1. The number of carboxylic acids is 1. The number of rotatable bonds is 3. The first-order valence-corrected chi connectivity index (χ1v) is 5.65. The van der Waals surface area contributed by atoms with Gasteiger partial charge in [0.05, 0.1) is 12.2 Å². The second-order valence-corrected chi connectivity index (χ2v) is 4.70. The van der Waals surface area contributed by atoms with Crippen LogP contribution in [-0.2, 0) is 0 Å². The number of carboxylic acid groups (broad SMARTS) is 1. The molecule has 5 heteroatoms. The van der Waals surface area contributed by atoms with E-state index in [1.54, 1.807) is 0 Å². The van der Waals surface area contributed by atoms with Crippen LogP contribution in [0.25, 0.3) is 0 Å². The first-order chi connectivity index (χ1) is 6.61. The van der Waals surface area contributed by atoms with Crippen LogP contribution in [0.3, 0.4) is 0 Å². The van der Waals surface area contributed by atoms with Gasteiger partial charge in [-0.2, -0.15) is 5.10 Å². The van der Waals surface area contributed by atoms with Crippen LogP contribution in [0.5, 0.6) is 0 Å². The Morgan fingerprint density at radius 1 is 1.79 bits per heavy atom. The van der Waals surface area contributed by atoms with Crippen LogP contribution in [0.1, 0.15) is 36.2 Å². The molecule has 1 aliphatic carbocycles. The molecule has 2 rings (SSSR count). The van der Waals surface area contributed by atoms with Crippen molar-refractivity contribution in [2.24, 2.45) is 5.92 Å². The van der Waals surface area contributed by atoms with Crippen molar-refractivity contribution < 1.29 is 9.90 Å². The van der Waals surface area contributed by atoms with Gasteiger partial charge in [-0.1, -0.05) is 0 Å². The Labute approximate surface area is 95.4 Å². The summed E-state index contributed by atoms with van der Waals surface area (Å²) >= 11 is 2.05. The van der Waals surface area contributed by atoms with Crippen LogP contribution in [0.15, 0.2) is 6.20 Å². The van der Waals surface area contributed by atoms with Crippen molar-refractivity contribution in [2.45, 2.75) is 25.8 Å². The predicted molar refractivity (Wildman–Crippen MR) is 59.3 cm³/mol. The lowest BCUT2D eigenvalue weighted by Gasteiger charge is -2.11. The van der Waals surface area contributed by atoms with Crippen LogP contribution >= 0.6 is 22.6 Å². The minimum absolute atomic E-state index is 0.304. The summed E-state index contributed by atoms with van der Waals surface area (Å²) < 4.78 is 2.55. The molecule has 0 amide bonds. The average molecular weight is 306 g/mol. The van der Waals surface area contributed by atoms with Gasteiger partial charge in [0, 0.05) is 0 Å². The number of aromatic carboxylic acids is 1. The van der Waals surface area contributed by atoms with Crippen LogP contribution in [0.2, 0.25) is 0 Å². The zero-order chi connectivity index (χ0) is 10.3. The van der Waals surface area contributed by atoms with Crippen molar-refractivity contribution in [3.63, 3.8) is 0 Å². The van der Waals surface area contributed by atoms with Gasteiger partial charge in [-0.05, 0) is 48.3 Å². The van der Waals surface area contributed by atoms with E-state index in [1.165, 1.54) is 19.0 Å². The van der Waals surface area contributed by atoms with Crippen LogP contribution in [0.4, 0.5) is 0 Å². The highest BCUT2D eigenvalue weighted by Gasteiger charge is 2.31. The second-order valence-electron chi connectivity index (χ2n) is 3.68. The van der Waals surface area contributed by atoms with E-state index in [4.69, 9.17) is 5.11 Å². The maximum Gasteiger partial charge on any atom is 0.340 e. The predicted octanol–water partition coefficient (Wildman–Crippen LogP) is 2.16. The maximum atomic E-state index is 10.8. The highest BCUT2D eigenvalue weighted by molar-refractivity contribution is 14.1. The minimum Gasteiger partial charge on any atom is -0.478 e. The third kappa shape index (κ3) is 1.65. The summed E-state index contributed by atoms with van der Waals surface area (Å²) in [4.78, 5) is 10.8. The Morgan fingerprint density at radius 2 is 2.43 bits per heavy atom. The first-order valence-electron chi connectivity index (χ1n) is 4.57. The molecule has 1 saturated carbocycles. The quantitative estimate of drug-likeness (QED) is 0.871. The van der Waals surface area contributed by atoms with E-state index in [-0.39, 0.29) is 0 Å². The molecular formula is C9H11IN2O2. The molecule has 0 saturated heterocycles. The number of hydrogen-bond acceptors (Lipinski definition) is 2. The van der Waals surface area contributed by atoms with E-state index < -0.39 is 5.97 Å². The molecule has 1 unspecified atom stereocenters. The van der Waals surface area contributed by atoms with Gasteiger partial charge in [0.1, 0.15) is 9.26 Å². The van der Waals surface area contributed by atoms with E-state index in [0.717, 1.165) is 3.70 Å². The summed E-state index contributed by atoms with van der Waals surface area (Å²) in [6.45, 7) is 2.10. The normalized spacial score (nSPS) is 18.1. The standard InChI is InChI=1S/C9H11IN2O2/c1-5(6-2-3-6)12-8(10)7(4-11-12)9(13)14/h4-6H,2-3H2,1H3,(H,13,14). The fourth-order valence-corrected chi connectivity index (χ4v) is 2.49. The molecular weight excluding hydrogens is 295 g/mol. The fourth-order valence-electron chi connectivity index (χ4n) is 1.55. The second kappa shape index (κ2) is 3.52. The highest BCUT2D eigenvalue weighted by Crippen LogP contribution is 2.39. The van der Waals surface area contributed by atoms with Gasteiger partial charge in [0.25, 0.3) is 0 Å². The largest absolute Gasteiger partial charge is 0.478 e. The topological polar surface area (TPSA) is 55.1 Å². The van der Waals surface area contributed by atoms with E-state index in [1.807, 2.05) is 27.3 Å². The van der Waals surface area contributed by atoms with Gasteiger partial charge in [-0.25, -0.2) is 4.79 Å². The maximum absolute atomic E-state index is 10.8. The summed E-state index contributed by atoms with van der Waals surface area (Å²) in [6, 6.07) is 0.329. The summed E-state index contributed by atoms with van der Waals surface area (Å²) in [6.07, 6.45) is 3.90. The molecule has 1 aromatic heterocycles. The van der Waals surface area contributed by atoms with Gasteiger partial charge in [0.2, 0.25) is 0 Å². The molecule has 1 N–H and O–H groups in total. The van der Waals surface area contributed by atoms with E-state index in [2.05, 4.69) is 12.0 Å². The zero-order valence-corrected chi connectivity index (χ0v) is 9.93. The molecule has 1 aromatic rings. The fraction of sp³-hybridized carbons (Fsp3) is 0.556. The molecule has 0 radical (unpaired) electrons. The molecule has 1 aliphatic rings. The summed E-state index contributed by atoms with van der Waals surface area (Å²) in [5.74, 6) is -0.214. The Bertz CT molecular complexity index is 371. The summed E-state index contributed by atoms with van der Waals surface area (Å²) in [7, 11) is 0. The van der Waals surface area contributed by atoms with Crippen LogP contribution < -0.4 is 0 Å². The molecule has 0 aromatic carbocycles. The Balaban J connectivity index is 2.30. The highest BCUT2D eigenvalue weighted by atomic mass is 127. The first kappa shape index (κ1) is 9.95. The summed E-state index contributed by atoms with van der Waals surface area (Å²) in [5, 5.41) is 13.0. The van der Waals surface area contributed by atoms with Crippen molar-refractivity contribution in [2.75, 3.05) is 0 Å².